The van der Waals surface area contributed by atoms with E-state index in [4.69, 9.17) is 0 Å². The topological polar surface area (TPSA) is 29.1 Å². The number of hydrogen-bond donors (Lipinski definition) is 1. The summed E-state index contributed by atoms with van der Waals surface area (Å²) in [5.74, 6) is 0.0823. The largest absolute Gasteiger partial charge is 0.349 e. The molecule has 1 N–H and O–H groups in total. The van der Waals surface area contributed by atoms with E-state index in [0.29, 0.717) is 11.5 Å². The van der Waals surface area contributed by atoms with Crippen molar-refractivity contribution in [3.63, 3.8) is 0 Å². The second kappa shape index (κ2) is 4.75. The van der Waals surface area contributed by atoms with Crippen LogP contribution in [0.4, 0.5) is 0 Å². The van der Waals surface area contributed by atoms with Gasteiger partial charge in [0.1, 0.15) is 0 Å². The zero-order valence-corrected chi connectivity index (χ0v) is 11.8. The minimum atomic E-state index is 0.0823. The third-order valence-electron chi connectivity index (χ3n) is 4.15. The molecule has 2 rings (SSSR count). The summed E-state index contributed by atoms with van der Waals surface area (Å²) in [5.41, 5.74) is 3.46. The smallest absolute Gasteiger partial charge is 0.251 e. The fraction of sp³-hybridized carbons (Fsp3) is 0.562. The van der Waals surface area contributed by atoms with Crippen molar-refractivity contribution < 1.29 is 4.79 Å². The molecule has 1 atom stereocenters. The van der Waals surface area contributed by atoms with E-state index >= 15 is 0 Å². The van der Waals surface area contributed by atoms with Crippen molar-refractivity contribution in [2.75, 3.05) is 0 Å². The molecule has 1 aliphatic rings. The van der Waals surface area contributed by atoms with Crippen molar-refractivity contribution in [3.8, 4) is 0 Å². The number of rotatable bonds is 2. The van der Waals surface area contributed by atoms with E-state index in [1.807, 2.05) is 32.0 Å². The number of nitrogens with one attached hydrogen (secondary N) is 1. The molecule has 1 aromatic carbocycles. The van der Waals surface area contributed by atoms with Crippen LogP contribution in [0.1, 0.15) is 54.6 Å². The molecule has 0 aliphatic heterocycles. The SMILES string of the molecule is Cc1cccc(C(=O)NC2CCC(C)(C)C2)c1C. The number of benzene rings is 1. The molecule has 0 aromatic heterocycles. The predicted octanol–water partition coefficient (Wildman–Crippen LogP) is 3.61. The van der Waals surface area contributed by atoms with Crippen molar-refractivity contribution in [1.82, 2.24) is 5.32 Å². The van der Waals surface area contributed by atoms with Crippen LogP contribution < -0.4 is 5.32 Å². The monoisotopic (exact) mass is 245 g/mol. The van der Waals surface area contributed by atoms with Crippen LogP contribution >= 0.6 is 0 Å². The third-order valence-corrected chi connectivity index (χ3v) is 4.15. The van der Waals surface area contributed by atoms with Crippen LogP contribution in [0.25, 0.3) is 0 Å². The third kappa shape index (κ3) is 2.74. The fourth-order valence-electron chi connectivity index (χ4n) is 2.82. The molecule has 1 unspecified atom stereocenters. The minimum Gasteiger partial charge on any atom is -0.349 e. The van der Waals surface area contributed by atoms with Gasteiger partial charge in [0.15, 0.2) is 0 Å². The summed E-state index contributed by atoms with van der Waals surface area (Å²) in [5, 5.41) is 3.18. The average molecular weight is 245 g/mol. The van der Waals surface area contributed by atoms with Gasteiger partial charge in [0.2, 0.25) is 0 Å². The molecule has 98 valence electrons. The number of amides is 1. The van der Waals surface area contributed by atoms with Gasteiger partial charge in [-0.05, 0) is 55.7 Å². The van der Waals surface area contributed by atoms with E-state index in [0.717, 1.165) is 24.0 Å². The lowest BCUT2D eigenvalue weighted by Gasteiger charge is -2.18. The zero-order chi connectivity index (χ0) is 13.3. The molecule has 18 heavy (non-hydrogen) atoms. The number of carbonyl (C=O) groups is 1. The lowest BCUT2D eigenvalue weighted by Crippen LogP contribution is -2.34. The molecule has 1 aromatic rings. The van der Waals surface area contributed by atoms with Gasteiger partial charge in [-0.3, -0.25) is 4.79 Å². The van der Waals surface area contributed by atoms with E-state index in [1.54, 1.807) is 0 Å². The molecule has 0 radical (unpaired) electrons. The molecule has 2 heteroatoms. The maximum absolute atomic E-state index is 12.3. The highest BCUT2D eigenvalue weighted by molar-refractivity contribution is 5.96. The molecule has 0 saturated heterocycles. The Morgan fingerprint density at radius 1 is 1.33 bits per heavy atom. The van der Waals surface area contributed by atoms with Crippen molar-refractivity contribution in [1.29, 1.82) is 0 Å². The van der Waals surface area contributed by atoms with Gasteiger partial charge in [-0.15, -0.1) is 0 Å². The number of aryl methyl sites for hydroxylation is 1. The molecule has 0 bridgehead atoms. The van der Waals surface area contributed by atoms with Gasteiger partial charge >= 0.3 is 0 Å². The van der Waals surface area contributed by atoms with Gasteiger partial charge in [-0.25, -0.2) is 0 Å². The van der Waals surface area contributed by atoms with Crippen molar-refractivity contribution in [2.24, 2.45) is 5.41 Å². The first-order chi connectivity index (χ1) is 8.39. The quantitative estimate of drug-likeness (QED) is 0.847. The Morgan fingerprint density at radius 3 is 2.67 bits per heavy atom. The lowest BCUT2D eigenvalue weighted by atomic mass is 9.92. The van der Waals surface area contributed by atoms with Crippen LogP contribution in [-0.4, -0.2) is 11.9 Å². The first kappa shape index (κ1) is 13.1. The summed E-state index contributed by atoms with van der Waals surface area (Å²) in [6.07, 6.45) is 3.39. The summed E-state index contributed by atoms with van der Waals surface area (Å²) in [4.78, 5) is 12.3. The van der Waals surface area contributed by atoms with E-state index in [1.165, 1.54) is 12.0 Å². The van der Waals surface area contributed by atoms with Crippen LogP contribution in [0.5, 0.6) is 0 Å². The normalized spacial score (nSPS) is 21.9. The fourth-order valence-corrected chi connectivity index (χ4v) is 2.82. The summed E-state index contributed by atoms with van der Waals surface area (Å²) >= 11 is 0. The van der Waals surface area contributed by atoms with E-state index in [9.17, 15) is 4.79 Å². The summed E-state index contributed by atoms with van der Waals surface area (Å²) in [6.45, 7) is 8.61. The van der Waals surface area contributed by atoms with E-state index in [2.05, 4.69) is 19.2 Å². The van der Waals surface area contributed by atoms with Crippen molar-refractivity contribution >= 4 is 5.91 Å². The highest BCUT2D eigenvalue weighted by Gasteiger charge is 2.31. The molecular weight excluding hydrogens is 222 g/mol. The molecule has 1 aliphatic carbocycles. The van der Waals surface area contributed by atoms with Gasteiger partial charge in [-0.1, -0.05) is 26.0 Å². The second-order valence-corrected chi connectivity index (χ2v) is 6.32. The Morgan fingerprint density at radius 2 is 2.06 bits per heavy atom. The highest BCUT2D eigenvalue weighted by atomic mass is 16.1. The molecular formula is C16H23NO. The molecule has 0 spiro atoms. The highest BCUT2D eigenvalue weighted by Crippen LogP contribution is 2.37. The van der Waals surface area contributed by atoms with Crippen LogP contribution in [0.2, 0.25) is 0 Å². The van der Waals surface area contributed by atoms with Gasteiger partial charge in [0.05, 0.1) is 0 Å². The summed E-state index contributed by atoms with van der Waals surface area (Å²) in [6, 6.07) is 6.26. The molecule has 2 nitrogen and oxygen atoms in total. The first-order valence-corrected chi connectivity index (χ1v) is 6.76. The van der Waals surface area contributed by atoms with Crippen LogP contribution in [0.15, 0.2) is 18.2 Å². The van der Waals surface area contributed by atoms with Gasteiger partial charge in [-0.2, -0.15) is 0 Å². The van der Waals surface area contributed by atoms with E-state index in [-0.39, 0.29) is 5.91 Å². The first-order valence-electron chi connectivity index (χ1n) is 6.76. The number of hydrogen-bond acceptors (Lipinski definition) is 1. The summed E-state index contributed by atoms with van der Waals surface area (Å²) < 4.78 is 0. The number of carbonyl (C=O) groups excluding carboxylic acids is 1. The maximum atomic E-state index is 12.3. The standard InChI is InChI=1S/C16H23NO/c1-11-6-5-7-14(12(11)2)15(18)17-13-8-9-16(3,4)10-13/h5-7,13H,8-10H2,1-4H3,(H,17,18). The van der Waals surface area contributed by atoms with Crippen LogP contribution in [0.3, 0.4) is 0 Å². The maximum Gasteiger partial charge on any atom is 0.251 e. The zero-order valence-electron chi connectivity index (χ0n) is 11.8. The van der Waals surface area contributed by atoms with Crippen LogP contribution in [-0.2, 0) is 0 Å². The van der Waals surface area contributed by atoms with Crippen molar-refractivity contribution in [3.05, 3.63) is 34.9 Å². The average Bonchev–Trinajstić information content (AvgIpc) is 2.62. The molecule has 1 amide bonds. The van der Waals surface area contributed by atoms with Gasteiger partial charge in [0, 0.05) is 11.6 Å². The van der Waals surface area contributed by atoms with Crippen molar-refractivity contribution in [2.45, 2.75) is 53.0 Å². The Labute approximate surface area is 110 Å². The minimum absolute atomic E-state index is 0.0823. The Hall–Kier alpha value is -1.31. The van der Waals surface area contributed by atoms with Gasteiger partial charge < -0.3 is 5.32 Å². The summed E-state index contributed by atoms with van der Waals surface area (Å²) in [7, 11) is 0. The van der Waals surface area contributed by atoms with Gasteiger partial charge in [0.25, 0.3) is 5.91 Å². The molecule has 1 fully saturated rings. The molecule has 1 saturated carbocycles. The Kier molecular flexibility index (Phi) is 3.47. The lowest BCUT2D eigenvalue weighted by molar-refractivity contribution is 0.0935. The second-order valence-electron chi connectivity index (χ2n) is 6.32. The Bertz CT molecular complexity index is 462. The Balaban J connectivity index is 2.07. The van der Waals surface area contributed by atoms with Crippen LogP contribution in [0, 0.1) is 19.3 Å². The van der Waals surface area contributed by atoms with E-state index < -0.39 is 0 Å². The predicted molar refractivity (Wildman–Crippen MR) is 74.8 cm³/mol. The molecule has 0 heterocycles.